The maximum atomic E-state index is 5.28. The molecule has 0 radical (unpaired) electrons. The van der Waals surface area contributed by atoms with Gasteiger partial charge in [-0.25, -0.2) is 4.99 Å². The van der Waals surface area contributed by atoms with Gasteiger partial charge in [0.25, 0.3) is 0 Å². The van der Waals surface area contributed by atoms with Crippen LogP contribution in [0.5, 0.6) is 0 Å². The molecule has 0 saturated carbocycles. The maximum Gasteiger partial charge on any atom is 0.207 e. The van der Waals surface area contributed by atoms with Crippen LogP contribution in [0, 0.1) is 5.41 Å². The van der Waals surface area contributed by atoms with Crippen LogP contribution < -0.4 is 20.7 Å². The molecular formula is C46H42N4. The quantitative estimate of drug-likeness (QED) is 0.239. The van der Waals surface area contributed by atoms with Gasteiger partial charge in [-0.05, 0) is 81.0 Å². The smallest absolute Gasteiger partial charge is 0.207 e. The van der Waals surface area contributed by atoms with Gasteiger partial charge in [0.05, 0.1) is 5.69 Å². The van der Waals surface area contributed by atoms with Crippen molar-refractivity contribution < 1.29 is 0 Å². The Bertz CT molecular complexity index is 2400. The summed E-state index contributed by atoms with van der Waals surface area (Å²) in [6.07, 6.45) is 19.1. The van der Waals surface area contributed by atoms with E-state index in [0.717, 1.165) is 46.8 Å². The fraction of sp³-hybridized carbons (Fsp3) is 0.174. The lowest BCUT2D eigenvalue weighted by atomic mass is 9.65. The van der Waals surface area contributed by atoms with Crippen LogP contribution in [0.4, 0.5) is 5.69 Å². The van der Waals surface area contributed by atoms with Crippen molar-refractivity contribution in [2.45, 2.75) is 39.8 Å². The molecule has 1 atom stereocenters. The number of hydrogen-bond donors (Lipinski definition) is 1. The Balaban J connectivity index is 1.39. The second-order valence-electron chi connectivity index (χ2n) is 13.8. The first kappa shape index (κ1) is 31.5. The predicted octanol–water partition coefficient (Wildman–Crippen LogP) is 9.17. The molecule has 2 heterocycles. The zero-order chi connectivity index (χ0) is 34.4. The van der Waals surface area contributed by atoms with Crippen LogP contribution >= 0.6 is 0 Å². The van der Waals surface area contributed by atoms with Crippen LogP contribution in [0.3, 0.4) is 0 Å². The largest absolute Gasteiger partial charge is 0.330 e. The van der Waals surface area contributed by atoms with E-state index >= 15 is 0 Å². The molecule has 246 valence electrons. The summed E-state index contributed by atoms with van der Waals surface area (Å²) in [6, 6.07) is 27.7. The summed E-state index contributed by atoms with van der Waals surface area (Å²) >= 11 is 0. The molecule has 1 unspecified atom stereocenters. The van der Waals surface area contributed by atoms with Crippen LogP contribution in [-0.4, -0.2) is 18.3 Å². The van der Waals surface area contributed by atoms with Gasteiger partial charge in [0, 0.05) is 23.1 Å². The van der Waals surface area contributed by atoms with Crippen molar-refractivity contribution in [2.24, 2.45) is 15.4 Å². The van der Waals surface area contributed by atoms with Crippen molar-refractivity contribution >= 4 is 51.1 Å². The maximum absolute atomic E-state index is 5.28. The molecule has 4 aromatic rings. The molecule has 8 rings (SSSR count). The van der Waals surface area contributed by atoms with E-state index in [0.29, 0.717) is 12.4 Å². The van der Waals surface area contributed by atoms with Crippen LogP contribution in [0.2, 0.25) is 0 Å². The van der Waals surface area contributed by atoms with Gasteiger partial charge in [-0.1, -0.05) is 148 Å². The average Bonchev–Trinajstić information content (AvgIpc) is 3.22. The van der Waals surface area contributed by atoms with E-state index in [1.165, 1.54) is 43.5 Å². The first-order chi connectivity index (χ1) is 24.4. The van der Waals surface area contributed by atoms with E-state index in [-0.39, 0.29) is 11.6 Å². The molecule has 0 bridgehead atoms. The molecular weight excluding hydrogens is 609 g/mol. The van der Waals surface area contributed by atoms with Crippen molar-refractivity contribution in [3.63, 3.8) is 0 Å². The Morgan fingerprint density at radius 1 is 0.940 bits per heavy atom. The van der Waals surface area contributed by atoms with Gasteiger partial charge in [-0.15, -0.1) is 0 Å². The summed E-state index contributed by atoms with van der Waals surface area (Å²) in [4.78, 5) is 12.8. The number of hydrogen-bond acceptors (Lipinski definition) is 4. The Morgan fingerprint density at radius 3 is 2.54 bits per heavy atom. The summed E-state index contributed by atoms with van der Waals surface area (Å²) in [5.74, 6) is 1.45. The lowest BCUT2D eigenvalue weighted by molar-refractivity contribution is 0.588. The lowest BCUT2D eigenvalue weighted by Crippen LogP contribution is -2.48. The Hall–Kier alpha value is -5.74. The highest BCUT2D eigenvalue weighted by Gasteiger charge is 2.37. The normalized spacial score (nSPS) is 20.8. The highest BCUT2D eigenvalue weighted by molar-refractivity contribution is 6.13. The summed E-state index contributed by atoms with van der Waals surface area (Å²) in [6.45, 7) is 16.5. The molecule has 4 nitrogen and oxygen atoms in total. The van der Waals surface area contributed by atoms with Crippen molar-refractivity contribution in [1.29, 1.82) is 0 Å². The highest BCUT2D eigenvalue weighted by Crippen LogP contribution is 2.48. The summed E-state index contributed by atoms with van der Waals surface area (Å²) in [5.41, 5.74) is 10.2. The number of amidine groups is 1. The molecule has 0 fully saturated rings. The fourth-order valence-electron chi connectivity index (χ4n) is 8.05. The molecule has 4 aliphatic rings. The van der Waals surface area contributed by atoms with Crippen molar-refractivity contribution in [1.82, 2.24) is 5.32 Å². The number of benzene rings is 4. The molecule has 0 aromatic heterocycles. The molecule has 2 aliphatic heterocycles. The topological polar surface area (TPSA) is 40.0 Å². The van der Waals surface area contributed by atoms with Gasteiger partial charge in [0.2, 0.25) is 5.96 Å². The number of allylic oxidation sites excluding steroid dienone is 9. The highest BCUT2D eigenvalue weighted by atomic mass is 15.4. The van der Waals surface area contributed by atoms with Crippen LogP contribution in [0.15, 0.2) is 150 Å². The van der Waals surface area contributed by atoms with E-state index in [1.54, 1.807) is 0 Å². The standard InChI is InChI=1S/C46H42N4/c1-6-17-37-36(7-2)42-40-30(3)18-10-9-15-27-50(39(40)29-34-23-16-24-38(41(34)42)46(37,4)5)45-48-43(32-20-11-8-12-21-32)47-44(49-45)35-26-25-31-19-13-14-22-33(31)28-35/h6-15,17-23,25-26,28-29,44H,2-3,16,24,27H2,1,4-5H3,(H,47,48,49)/b15-9-,17-6-,18-10-. The van der Waals surface area contributed by atoms with E-state index in [4.69, 9.17) is 9.98 Å². The molecule has 0 spiro atoms. The number of rotatable bonds is 4. The van der Waals surface area contributed by atoms with Gasteiger partial charge >= 0.3 is 0 Å². The second kappa shape index (κ2) is 12.6. The summed E-state index contributed by atoms with van der Waals surface area (Å²) < 4.78 is 0. The SMILES string of the molecule is C=CC1=C(/C=C\C)C(C)(C)C2=c3c1c1c(cc3=CCC2)N(C2=NC(c3ccccc3)=NC(c3ccc4ccccc4c3)N2)C/C=C\C=C/C1=C. The minimum atomic E-state index is -0.336. The number of nitrogens with one attached hydrogen (secondary N) is 1. The van der Waals surface area contributed by atoms with Crippen molar-refractivity contribution in [2.75, 3.05) is 11.4 Å². The zero-order valence-corrected chi connectivity index (χ0v) is 29.1. The third kappa shape index (κ3) is 5.23. The number of anilines is 1. The van der Waals surface area contributed by atoms with Gasteiger partial charge in [-0.2, -0.15) is 4.99 Å². The summed E-state index contributed by atoms with van der Waals surface area (Å²) in [5, 5.41) is 8.77. The minimum absolute atomic E-state index is 0.125. The number of aliphatic imine (C=N–C) groups is 2. The molecule has 4 aromatic carbocycles. The lowest BCUT2D eigenvalue weighted by Gasteiger charge is -2.39. The molecule has 0 amide bonds. The van der Waals surface area contributed by atoms with Gasteiger partial charge < -0.3 is 10.2 Å². The van der Waals surface area contributed by atoms with Gasteiger partial charge in [0.15, 0.2) is 5.84 Å². The van der Waals surface area contributed by atoms with Crippen LogP contribution in [0.1, 0.15) is 62.0 Å². The number of guanidine groups is 1. The first-order valence-corrected chi connectivity index (χ1v) is 17.6. The second-order valence-corrected chi connectivity index (χ2v) is 13.8. The van der Waals surface area contributed by atoms with Crippen LogP contribution in [0.25, 0.3) is 33.6 Å². The van der Waals surface area contributed by atoms with Gasteiger partial charge in [0.1, 0.15) is 6.17 Å². The van der Waals surface area contributed by atoms with Crippen LogP contribution in [-0.2, 0) is 0 Å². The first-order valence-electron chi connectivity index (χ1n) is 17.6. The molecule has 50 heavy (non-hydrogen) atoms. The molecule has 1 N–H and O–H groups in total. The fourth-order valence-corrected chi connectivity index (χ4v) is 8.05. The monoisotopic (exact) mass is 650 g/mol. The third-order valence-electron chi connectivity index (χ3n) is 10.5. The van der Waals surface area contributed by atoms with E-state index in [9.17, 15) is 0 Å². The number of fused-ring (bicyclic) bond motifs is 3. The average molecular weight is 651 g/mol. The third-order valence-corrected chi connectivity index (χ3v) is 10.5. The van der Waals surface area contributed by atoms with Crippen molar-refractivity contribution in [3.05, 3.63) is 173 Å². The Labute approximate surface area is 295 Å². The van der Waals surface area contributed by atoms with E-state index in [1.807, 2.05) is 18.2 Å². The predicted molar refractivity (Wildman–Crippen MR) is 213 cm³/mol. The summed E-state index contributed by atoms with van der Waals surface area (Å²) in [7, 11) is 0. The molecule has 4 heteroatoms. The number of nitrogens with zero attached hydrogens (tertiary/aromatic N) is 3. The zero-order valence-electron chi connectivity index (χ0n) is 29.1. The molecule has 0 saturated heterocycles. The minimum Gasteiger partial charge on any atom is -0.330 e. The Kier molecular flexibility index (Phi) is 7.95. The van der Waals surface area contributed by atoms with E-state index < -0.39 is 0 Å². The van der Waals surface area contributed by atoms with Gasteiger partial charge in [-0.3, -0.25) is 0 Å². The van der Waals surface area contributed by atoms with Crippen molar-refractivity contribution in [3.8, 4) is 0 Å². The Morgan fingerprint density at radius 2 is 1.74 bits per heavy atom. The molecule has 2 aliphatic carbocycles. The van der Waals surface area contributed by atoms with E-state index in [2.05, 4.69) is 153 Å².